The molecule has 7 heteroatoms. The van der Waals surface area contributed by atoms with Gasteiger partial charge >= 0.3 is 11.9 Å². The molecule has 1 atom stereocenters. The fraction of sp³-hybridized carbons (Fsp3) is 0.208. The lowest BCUT2D eigenvalue weighted by atomic mass is 9.97. The van der Waals surface area contributed by atoms with Crippen LogP contribution in [0, 0.1) is 0 Å². The SMILES string of the molecule is COC(=O)Cc1ccc(OC)c(-c2ncccc2C(N)C(=O)OCc2ccccc2)c1. The summed E-state index contributed by atoms with van der Waals surface area (Å²) in [6, 6.07) is 17.0. The average Bonchev–Trinajstić information content (AvgIpc) is 2.82. The third-order valence-corrected chi connectivity index (χ3v) is 4.75. The molecule has 0 spiro atoms. The first-order valence-electron chi connectivity index (χ1n) is 9.68. The van der Waals surface area contributed by atoms with Crippen molar-refractivity contribution in [3.8, 4) is 17.0 Å². The predicted octanol–water partition coefficient (Wildman–Crippen LogP) is 3.22. The van der Waals surface area contributed by atoms with Crippen LogP contribution in [0.2, 0.25) is 0 Å². The zero-order valence-electron chi connectivity index (χ0n) is 17.4. The molecule has 3 rings (SSSR count). The van der Waals surface area contributed by atoms with Gasteiger partial charge in [-0.25, -0.2) is 4.79 Å². The third-order valence-electron chi connectivity index (χ3n) is 4.75. The maximum absolute atomic E-state index is 12.6. The summed E-state index contributed by atoms with van der Waals surface area (Å²) < 4.78 is 15.6. The van der Waals surface area contributed by atoms with Crippen LogP contribution in [0.1, 0.15) is 22.7 Å². The number of pyridine rings is 1. The van der Waals surface area contributed by atoms with Crippen LogP contribution in [-0.2, 0) is 32.1 Å². The first-order valence-corrected chi connectivity index (χ1v) is 9.68. The van der Waals surface area contributed by atoms with Gasteiger partial charge in [0, 0.05) is 17.3 Å². The van der Waals surface area contributed by atoms with Crippen molar-refractivity contribution in [2.24, 2.45) is 5.73 Å². The van der Waals surface area contributed by atoms with Crippen molar-refractivity contribution in [1.82, 2.24) is 4.98 Å². The molecule has 0 radical (unpaired) electrons. The van der Waals surface area contributed by atoms with Gasteiger partial charge in [0.25, 0.3) is 0 Å². The molecule has 7 nitrogen and oxygen atoms in total. The van der Waals surface area contributed by atoms with Gasteiger partial charge in [0.1, 0.15) is 18.4 Å². The number of nitrogens with zero attached hydrogens (tertiary/aromatic N) is 1. The van der Waals surface area contributed by atoms with E-state index in [2.05, 4.69) is 4.98 Å². The lowest BCUT2D eigenvalue weighted by Crippen LogP contribution is -2.24. The van der Waals surface area contributed by atoms with Crippen LogP contribution >= 0.6 is 0 Å². The Hall–Kier alpha value is -3.71. The minimum Gasteiger partial charge on any atom is -0.496 e. The van der Waals surface area contributed by atoms with E-state index < -0.39 is 12.0 Å². The Morgan fingerprint density at radius 1 is 1.00 bits per heavy atom. The largest absolute Gasteiger partial charge is 0.496 e. The molecule has 1 heterocycles. The van der Waals surface area contributed by atoms with E-state index in [-0.39, 0.29) is 19.0 Å². The van der Waals surface area contributed by atoms with Crippen LogP contribution in [0.4, 0.5) is 0 Å². The molecule has 0 aliphatic carbocycles. The average molecular weight is 420 g/mol. The highest BCUT2D eigenvalue weighted by molar-refractivity contribution is 5.82. The molecule has 0 saturated carbocycles. The molecule has 31 heavy (non-hydrogen) atoms. The Kier molecular flexibility index (Phi) is 7.35. The number of esters is 2. The number of hydrogen-bond acceptors (Lipinski definition) is 7. The number of methoxy groups -OCH3 is 2. The maximum atomic E-state index is 12.6. The molecule has 0 aliphatic rings. The van der Waals surface area contributed by atoms with E-state index in [0.29, 0.717) is 22.6 Å². The molecule has 2 aromatic carbocycles. The molecule has 0 bridgehead atoms. The molecule has 160 valence electrons. The van der Waals surface area contributed by atoms with Gasteiger partial charge in [0.05, 0.1) is 26.3 Å². The van der Waals surface area contributed by atoms with Crippen LogP contribution in [0.5, 0.6) is 5.75 Å². The highest BCUT2D eigenvalue weighted by atomic mass is 16.5. The molecule has 2 N–H and O–H groups in total. The second-order valence-electron chi connectivity index (χ2n) is 6.80. The number of nitrogens with two attached hydrogens (primary N) is 1. The summed E-state index contributed by atoms with van der Waals surface area (Å²) in [6.07, 6.45) is 1.70. The molecule has 0 fully saturated rings. The van der Waals surface area contributed by atoms with Crippen molar-refractivity contribution in [2.45, 2.75) is 19.1 Å². The van der Waals surface area contributed by atoms with E-state index in [1.807, 2.05) is 30.3 Å². The lowest BCUT2D eigenvalue weighted by molar-refractivity contribution is -0.146. The van der Waals surface area contributed by atoms with Gasteiger partial charge in [0.15, 0.2) is 0 Å². The Bertz CT molecular complexity index is 1050. The van der Waals surface area contributed by atoms with Crippen LogP contribution in [0.15, 0.2) is 66.9 Å². The number of carbonyl (C=O) groups excluding carboxylic acids is 2. The van der Waals surface area contributed by atoms with Gasteiger partial charge in [-0.2, -0.15) is 0 Å². The van der Waals surface area contributed by atoms with E-state index in [1.54, 1.807) is 36.5 Å². The van der Waals surface area contributed by atoms with Crippen molar-refractivity contribution >= 4 is 11.9 Å². The molecular weight excluding hydrogens is 396 g/mol. The first kappa shape index (κ1) is 22.0. The van der Waals surface area contributed by atoms with Gasteiger partial charge < -0.3 is 19.9 Å². The first-order chi connectivity index (χ1) is 15.0. The van der Waals surface area contributed by atoms with E-state index in [0.717, 1.165) is 11.1 Å². The number of benzene rings is 2. The fourth-order valence-electron chi connectivity index (χ4n) is 3.13. The van der Waals surface area contributed by atoms with Crippen molar-refractivity contribution in [1.29, 1.82) is 0 Å². The van der Waals surface area contributed by atoms with Crippen LogP contribution in [0.3, 0.4) is 0 Å². The van der Waals surface area contributed by atoms with Crippen LogP contribution in [-0.4, -0.2) is 31.1 Å². The monoisotopic (exact) mass is 420 g/mol. The van der Waals surface area contributed by atoms with Crippen LogP contribution < -0.4 is 10.5 Å². The molecule has 3 aromatic rings. The van der Waals surface area contributed by atoms with Gasteiger partial charge in [-0.3, -0.25) is 9.78 Å². The fourth-order valence-corrected chi connectivity index (χ4v) is 3.13. The highest BCUT2D eigenvalue weighted by Crippen LogP contribution is 2.34. The van der Waals surface area contributed by atoms with Gasteiger partial charge in [-0.05, 0) is 29.3 Å². The lowest BCUT2D eigenvalue weighted by Gasteiger charge is -2.17. The Morgan fingerprint density at radius 3 is 2.48 bits per heavy atom. The number of hydrogen-bond donors (Lipinski definition) is 1. The minimum absolute atomic E-state index is 0.0980. The standard InChI is InChI=1S/C24H24N2O5/c1-29-20-11-10-17(14-21(27)30-2)13-19(20)23-18(9-6-12-26-23)22(25)24(28)31-15-16-7-4-3-5-8-16/h3-13,22H,14-15,25H2,1-2H3. The van der Waals surface area contributed by atoms with Gasteiger partial charge in [0.2, 0.25) is 0 Å². The van der Waals surface area contributed by atoms with Crippen molar-refractivity contribution in [2.75, 3.05) is 14.2 Å². The van der Waals surface area contributed by atoms with E-state index >= 15 is 0 Å². The topological polar surface area (TPSA) is 101 Å². The van der Waals surface area contributed by atoms with Crippen molar-refractivity contribution < 1.29 is 23.8 Å². The summed E-state index contributed by atoms with van der Waals surface area (Å²) in [6.45, 7) is 0.126. The quantitative estimate of drug-likeness (QED) is 0.559. The molecule has 0 saturated heterocycles. The molecular formula is C24H24N2O5. The number of carbonyl (C=O) groups is 2. The van der Waals surface area contributed by atoms with E-state index in [9.17, 15) is 9.59 Å². The minimum atomic E-state index is -1.04. The van der Waals surface area contributed by atoms with Crippen molar-refractivity contribution in [3.05, 3.63) is 83.6 Å². The molecule has 1 unspecified atom stereocenters. The van der Waals surface area contributed by atoms with Crippen LogP contribution in [0.25, 0.3) is 11.3 Å². The molecule has 1 aromatic heterocycles. The number of ether oxygens (including phenoxy) is 3. The summed E-state index contributed by atoms with van der Waals surface area (Å²) >= 11 is 0. The summed E-state index contributed by atoms with van der Waals surface area (Å²) in [7, 11) is 2.87. The molecule has 0 aliphatic heterocycles. The Morgan fingerprint density at radius 2 is 1.77 bits per heavy atom. The zero-order chi connectivity index (χ0) is 22.2. The van der Waals surface area contributed by atoms with Gasteiger partial charge in [-0.1, -0.05) is 42.5 Å². The second-order valence-corrected chi connectivity index (χ2v) is 6.80. The smallest absolute Gasteiger partial charge is 0.327 e. The number of rotatable bonds is 8. The third kappa shape index (κ3) is 5.46. The maximum Gasteiger partial charge on any atom is 0.327 e. The normalized spacial score (nSPS) is 11.5. The van der Waals surface area contributed by atoms with E-state index in [1.165, 1.54) is 14.2 Å². The summed E-state index contributed by atoms with van der Waals surface area (Å²) in [4.78, 5) is 28.8. The summed E-state index contributed by atoms with van der Waals surface area (Å²) in [5, 5.41) is 0. The van der Waals surface area contributed by atoms with Crippen molar-refractivity contribution in [3.63, 3.8) is 0 Å². The predicted molar refractivity (Wildman–Crippen MR) is 115 cm³/mol. The Labute approximate surface area is 180 Å². The van der Waals surface area contributed by atoms with Gasteiger partial charge in [-0.15, -0.1) is 0 Å². The Balaban J connectivity index is 1.89. The summed E-state index contributed by atoms with van der Waals surface area (Å²) in [5.74, 6) is -0.389. The molecule has 0 amide bonds. The zero-order valence-corrected chi connectivity index (χ0v) is 17.4. The summed E-state index contributed by atoms with van der Waals surface area (Å²) in [5.41, 5.74) is 9.42. The highest BCUT2D eigenvalue weighted by Gasteiger charge is 2.24. The number of aromatic nitrogens is 1. The second kappa shape index (κ2) is 10.4. The van der Waals surface area contributed by atoms with E-state index in [4.69, 9.17) is 19.9 Å².